The second kappa shape index (κ2) is 8.52. The molecule has 0 unspecified atom stereocenters. The summed E-state index contributed by atoms with van der Waals surface area (Å²) in [5.74, 6) is 0.598. The third kappa shape index (κ3) is 4.50. The van der Waals surface area contributed by atoms with Crippen molar-refractivity contribution >= 4 is 74.2 Å². The molecule has 0 aromatic heterocycles. The second-order valence-corrected chi connectivity index (χ2v) is 8.06. The van der Waals surface area contributed by atoms with Crippen LogP contribution in [0.4, 0.5) is 4.79 Å². The molecule has 122 valence electrons. The summed E-state index contributed by atoms with van der Waals surface area (Å²) in [6.07, 6.45) is 4.22. The first-order valence-corrected chi connectivity index (χ1v) is 9.93. The Hall–Kier alpha value is -0.550. The van der Waals surface area contributed by atoms with Crippen molar-refractivity contribution in [3.05, 3.63) is 42.4 Å². The molecule has 1 fully saturated rings. The molecule has 23 heavy (non-hydrogen) atoms. The monoisotopic (exact) mass is 555 g/mol. The van der Waals surface area contributed by atoms with Crippen molar-refractivity contribution in [2.24, 2.45) is 0 Å². The maximum Gasteiger partial charge on any atom is 0.293 e. The Morgan fingerprint density at radius 1 is 1.30 bits per heavy atom. The summed E-state index contributed by atoms with van der Waals surface area (Å²) in [5, 5.41) is -0.196. The molecule has 0 spiro atoms. The maximum absolute atomic E-state index is 12.3. The van der Waals surface area contributed by atoms with Crippen LogP contribution in [0.1, 0.15) is 18.9 Å². The van der Waals surface area contributed by atoms with Crippen molar-refractivity contribution in [1.82, 2.24) is 4.90 Å². The first-order valence-electron chi connectivity index (χ1n) is 6.96. The van der Waals surface area contributed by atoms with Crippen LogP contribution in [0.5, 0.6) is 5.75 Å². The molecule has 4 nitrogen and oxygen atoms in total. The van der Waals surface area contributed by atoms with Crippen molar-refractivity contribution in [2.45, 2.75) is 13.3 Å². The summed E-state index contributed by atoms with van der Waals surface area (Å²) in [5.41, 5.74) is 0.881. The molecule has 0 radical (unpaired) electrons. The minimum atomic E-state index is -0.209. The van der Waals surface area contributed by atoms with Crippen LogP contribution in [0, 0.1) is 7.14 Å². The molecular formula is C16H15I2NO3S. The van der Waals surface area contributed by atoms with Gasteiger partial charge in [0.2, 0.25) is 0 Å². The fourth-order valence-electron chi connectivity index (χ4n) is 2.01. The van der Waals surface area contributed by atoms with Gasteiger partial charge in [0.1, 0.15) is 12.4 Å². The van der Waals surface area contributed by atoms with Crippen molar-refractivity contribution < 1.29 is 14.3 Å². The summed E-state index contributed by atoms with van der Waals surface area (Å²) in [6.45, 7) is 6.50. The number of hydrogen-bond acceptors (Lipinski definition) is 4. The van der Waals surface area contributed by atoms with E-state index in [2.05, 4.69) is 51.8 Å². The van der Waals surface area contributed by atoms with E-state index in [1.54, 1.807) is 12.2 Å². The number of thioether (sulfide) groups is 1. The minimum absolute atomic E-state index is 0.196. The summed E-state index contributed by atoms with van der Waals surface area (Å²) in [7, 11) is 0. The highest BCUT2D eigenvalue weighted by atomic mass is 127. The predicted octanol–water partition coefficient (Wildman–Crippen LogP) is 4.91. The van der Waals surface area contributed by atoms with Crippen LogP contribution in [0.15, 0.2) is 29.7 Å². The lowest BCUT2D eigenvalue weighted by Gasteiger charge is -2.10. The van der Waals surface area contributed by atoms with Gasteiger partial charge in [0.25, 0.3) is 11.1 Å². The lowest BCUT2D eigenvalue weighted by Crippen LogP contribution is -2.28. The van der Waals surface area contributed by atoms with E-state index in [0.717, 1.165) is 36.6 Å². The smallest absolute Gasteiger partial charge is 0.293 e. The van der Waals surface area contributed by atoms with Gasteiger partial charge in [0.15, 0.2) is 0 Å². The van der Waals surface area contributed by atoms with Gasteiger partial charge in [0, 0.05) is 6.54 Å². The van der Waals surface area contributed by atoms with Gasteiger partial charge in [-0.15, -0.1) is 0 Å². The SMILES string of the molecule is C=CCOc1c(I)cc(/C=C2/SC(=O)N(CCC)C2=O)cc1I. The van der Waals surface area contributed by atoms with E-state index in [-0.39, 0.29) is 11.1 Å². The molecule has 0 saturated carbocycles. The molecule has 0 N–H and O–H groups in total. The largest absolute Gasteiger partial charge is 0.487 e. The summed E-state index contributed by atoms with van der Waals surface area (Å²) >= 11 is 5.40. The lowest BCUT2D eigenvalue weighted by atomic mass is 10.2. The van der Waals surface area contributed by atoms with Crippen molar-refractivity contribution in [1.29, 1.82) is 0 Å². The molecule has 0 atom stereocenters. The number of hydrogen-bond donors (Lipinski definition) is 0. The van der Waals surface area contributed by atoms with E-state index in [9.17, 15) is 9.59 Å². The number of amides is 2. The number of imide groups is 1. The molecule has 1 saturated heterocycles. The number of carbonyl (C=O) groups is 2. The molecule has 7 heteroatoms. The zero-order valence-corrected chi connectivity index (χ0v) is 17.6. The Balaban J connectivity index is 2.28. The van der Waals surface area contributed by atoms with Crippen molar-refractivity contribution in [2.75, 3.05) is 13.2 Å². The lowest BCUT2D eigenvalue weighted by molar-refractivity contribution is -0.122. The van der Waals surface area contributed by atoms with E-state index in [0.29, 0.717) is 18.1 Å². The predicted molar refractivity (Wildman–Crippen MR) is 111 cm³/mol. The molecule has 1 aliphatic rings. The van der Waals surface area contributed by atoms with Crippen LogP contribution in [0.25, 0.3) is 6.08 Å². The number of ether oxygens (including phenoxy) is 1. The number of benzene rings is 1. The molecule has 2 amide bonds. The van der Waals surface area contributed by atoms with E-state index in [4.69, 9.17) is 4.74 Å². The Morgan fingerprint density at radius 2 is 1.96 bits per heavy atom. The first kappa shape index (κ1) is 18.8. The van der Waals surface area contributed by atoms with E-state index >= 15 is 0 Å². The number of halogens is 2. The first-order chi connectivity index (χ1) is 11.0. The fourth-order valence-corrected chi connectivity index (χ4v) is 5.00. The van der Waals surface area contributed by atoms with Crippen LogP contribution in [-0.4, -0.2) is 29.2 Å². The van der Waals surface area contributed by atoms with Gasteiger partial charge in [-0.2, -0.15) is 0 Å². The maximum atomic E-state index is 12.3. The average Bonchev–Trinajstić information content (AvgIpc) is 2.74. The zero-order chi connectivity index (χ0) is 17.0. The molecule has 1 aromatic rings. The standard InChI is InChI=1S/C16H15I2NO3S/c1-3-5-19-15(20)13(23-16(19)21)9-10-7-11(17)14(12(18)8-10)22-6-4-2/h4,7-9H,2-3,5-6H2,1H3/b13-9+. The third-order valence-corrected chi connectivity index (χ3v) is 5.49. The van der Waals surface area contributed by atoms with Crippen LogP contribution in [0.2, 0.25) is 0 Å². The molecule has 2 rings (SSSR count). The van der Waals surface area contributed by atoms with Crippen LogP contribution >= 0.6 is 56.9 Å². The highest BCUT2D eigenvalue weighted by Crippen LogP contribution is 2.34. The van der Waals surface area contributed by atoms with Crippen molar-refractivity contribution in [3.63, 3.8) is 0 Å². The molecule has 0 aliphatic carbocycles. The quantitative estimate of drug-likeness (QED) is 0.285. The molecule has 0 bridgehead atoms. The average molecular weight is 555 g/mol. The van der Waals surface area contributed by atoms with Crippen molar-refractivity contribution in [3.8, 4) is 5.75 Å². The summed E-state index contributed by atoms with van der Waals surface area (Å²) < 4.78 is 7.55. The fraction of sp³-hybridized carbons (Fsp3) is 0.250. The minimum Gasteiger partial charge on any atom is -0.487 e. The van der Waals surface area contributed by atoms with Gasteiger partial charge < -0.3 is 4.74 Å². The van der Waals surface area contributed by atoms with E-state index in [1.807, 2.05) is 19.1 Å². The van der Waals surface area contributed by atoms with Gasteiger partial charge in [0.05, 0.1) is 12.0 Å². The van der Waals surface area contributed by atoms with E-state index in [1.165, 1.54) is 4.90 Å². The zero-order valence-electron chi connectivity index (χ0n) is 12.5. The molecular weight excluding hydrogens is 540 g/mol. The number of carbonyl (C=O) groups excluding carboxylic acids is 2. The van der Waals surface area contributed by atoms with Crippen LogP contribution in [-0.2, 0) is 4.79 Å². The van der Waals surface area contributed by atoms with Gasteiger partial charge >= 0.3 is 0 Å². The normalized spacial score (nSPS) is 16.3. The Kier molecular flexibility index (Phi) is 6.96. The highest BCUT2D eigenvalue weighted by molar-refractivity contribution is 14.1. The summed E-state index contributed by atoms with van der Waals surface area (Å²) in [4.78, 5) is 25.9. The van der Waals surface area contributed by atoms with E-state index < -0.39 is 0 Å². The Bertz CT molecular complexity index is 665. The summed E-state index contributed by atoms with van der Waals surface area (Å²) in [6, 6.07) is 3.88. The number of nitrogens with zero attached hydrogens (tertiary/aromatic N) is 1. The van der Waals surface area contributed by atoms with Gasteiger partial charge in [-0.05, 0) is 87.1 Å². The Morgan fingerprint density at radius 3 is 2.52 bits per heavy atom. The van der Waals surface area contributed by atoms with Crippen LogP contribution < -0.4 is 4.74 Å². The third-order valence-electron chi connectivity index (χ3n) is 2.98. The molecule has 1 aromatic carbocycles. The second-order valence-electron chi connectivity index (χ2n) is 4.75. The topological polar surface area (TPSA) is 46.6 Å². The van der Waals surface area contributed by atoms with Gasteiger partial charge in [-0.1, -0.05) is 19.6 Å². The molecule has 1 heterocycles. The van der Waals surface area contributed by atoms with Crippen LogP contribution in [0.3, 0.4) is 0 Å². The Labute approximate surface area is 167 Å². The number of rotatable bonds is 6. The molecule has 1 aliphatic heterocycles. The van der Waals surface area contributed by atoms with Gasteiger partial charge in [-0.3, -0.25) is 14.5 Å². The van der Waals surface area contributed by atoms with Gasteiger partial charge in [-0.25, -0.2) is 0 Å². The highest BCUT2D eigenvalue weighted by Gasteiger charge is 2.34.